The lowest BCUT2D eigenvalue weighted by molar-refractivity contribution is -0.119. The normalized spacial score (nSPS) is 13.3. The van der Waals surface area contributed by atoms with Crippen LogP contribution in [0.3, 0.4) is 0 Å². The van der Waals surface area contributed by atoms with Gasteiger partial charge in [-0.15, -0.1) is 11.6 Å². The molecule has 4 nitrogen and oxygen atoms in total. The Kier molecular flexibility index (Phi) is 4.20. The van der Waals surface area contributed by atoms with Crippen molar-refractivity contribution in [3.05, 3.63) is 0 Å². The van der Waals surface area contributed by atoms with Crippen molar-refractivity contribution in [1.29, 1.82) is 0 Å². The maximum Gasteiger partial charge on any atom is 0.321 e. The third-order valence-corrected chi connectivity index (χ3v) is 1.28. The molecule has 0 saturated heterocycles. The Hall–Kier alpha value is -0.770. The molecule has 0 aliphatic carbocycles. The number of halogens is 1. The summed E-state index contributed by atoms with van der Waals surface area (Å²) in [5.74, 6) is -0.497. The number of amides is 3. The van der Waals surface area contributed by atoms with E-state index < -0.39 is 17.3 Å². The summed E-state index contributed by atoms with van der Waals surface area (Å²) in [6.45, 7) is 6.96. The fourth-order valence-corrected chi connectivity index (χ4v) is 0.638. The molecule has 0 aromatic heterocycles. The van der Waals surface area contributed by atoms with Gasteiger partial charge in [0.1, 0.15) is 5.38 Å². The lowest BCUT2D eigenvalue weighted by Crippen LogP contribution is -2.49. The van der Waals surface area contributed by atoms with Gasteiger partial charge < -0.3 is 5.32 Å². The van der Waals surface area contributed by atoms with Crippen LogP contribution in [0, 0.1) is 0 Å². The zero-order valence-electron chi connectivity index (χ0n) is 8.27. The van der Waals surface area contributed by atoms with Crippen molar-refractivity contribution in [2.45, 2.75) is 38.6 Å². The molecule has 2 N–H and O–H groups in total. The van der Waals surface area contributed by atoms with Gasteiger partial charge in [-0.2, -0.15) is 0 Å². The van der Waals surface area contributed by atoms with E-state index in [1.165, 1.54) is 6.92 Å². The number of hydrogen-bond acceptors (Lipinski definition) is 2. The van der Waals surface area contributed by atoms with E-state index in [0.29, 0.717) is 0 Å². The summed E-state index contributed by atoms with van der Waals surface area (Å²) in [7, 11) is 0. The Morgan fingerprint density at radius 1 is 1.31 bits per heavy atom. The van der Waals surface area contributed by atoms with E-state index in [1.54, 1.807) is 0 Å². The van der Waals surface area contributed by atoms with Gasteiger partial charge in [-0.1, -0.05) is 0 Å². The van der Waals surface area contributed by atoms with Crippen LogP contribution in [0.4, 0.5) is 4.79 Å². The molecule has 0 aromatic carbocycles. The first-order valence-corrected chi connectivity index (χ1v) is 4.43. The second-order valence-electron chi connectivity index (χ2n) is 3.81. The molecule has 76 valence electrons. The fraction of sp³-hybridized carbons (Fsp3) is 0.750. The predicted molar refractivity (Wildman–Crippen MR) is 51.7 cm³/mol. The Morgan fingerprint density at radius 3 is 2.08 bits per heavy atom. The maximum absolute atomic E-state index is 11.1. The van der Waals surface area contributed by atoms with E-state index in [4.69, 9.17) is 11.6 Å². The molecule has 0 aliphatic heterocycles. The van der Waals surface area contributed by atoms with E-state index in [2.05, 4.69) is 10.6 Å². The molecule has 0 unspecified atom stereocenters. The molecule has 0 heterocycles. The molecule has 0 radical (unpaired) electrons. The van der Waals surface area contributed by atoms with Crippen LogP contribution in [0.1, 0.15) is 27.7 Å². The summed E-state index contributed by atoms with van der Waals surface area (Å²) >= 11 is 5.45. The van der Waals surface area contributed by atoms with Crippen LogP contribution < -0.4 is 10.6 Å². The number of carbonyl (C=O) groups is 2. The van der Waals surface area contributed by atoms with E-state index in [-0.39, 0.29) is 5.54 Å². The molecule has 5 heteroatoms. The monoisotopic (exact) mass is 206 g/mol. The standard InChI is InChI=1S/C8H15ClN2O2/c1-5(9)6(12)10-7(13)11-8(2,3)4/h5H,1-4H3,(H2,10,11,12,13)/t5-/m1/s1. The van der Waals surface area contributed by atoms with Crippen LogP contribution in [0.2, 0.25) is 0 Å². The van der Waals surface area contributed by atoms with Crippen LogP contribution in [-0.2, 0) is 4.79 Å². The quantitative estimate of drug-likeness (QED) is 0.635. The minimum absolute atomic E-state index is 0.361. The van der Waals surface area contributed by atoms with Crippen LogP contribution in [0.15, 0.2) is 0 Å². The summed E-state index contributed by atoms with van der Waals surface area (Å²) < 4.78 is 0. The summed E-state index contributed by atoms with van der Waals surface area (Å²) in [5.41, 5.74) is -0.361. The highest BCUT2D eigenvalue weighted by atomic mass is 35.5. The minimum atomic E-state index is -0.703. The minimum Gasteiger partial charge on any atom is -0.333 e. The number of hydrogen-bond donors (Lipinski definition) is 2. The van der Waals surface area contributed by atoms with Crippen molar-refractivity contribution in [3.8, 4) is 0 Å². The van der Waals surface area contributed by atoms with Crippen LogP contribution >= 0.6 is 11.6 Å². The lowest BCUT2D eigenvalue weighted by atomic mass is 10.1. The van der Waals surface area contributed by atoms with Crippen molar-refractivity contribution in [1.82, 2.24) is 10.6 Å². The Labute approximate surface area is 83.0 Å². The van der Waals surface area contributed by atoms with Crippen molar-refractivity contribution in [2.24, 2.45) is 0 Å². The number of rotatable bonds is 1. The van der Waals surface area contributed by atoms with Crippen molar-refractivity contribution < 1.29 is 9.59 Å². The topological polar surface area (TPSA) is 58.2 Å². The summed E-state index contributed by atoms with van der Waals surface area (Å²) in [4.78, 5) is 22.0. The summed E-state index contributed by atoms with van der Waals surface area (Å²) in [5, 5.41) is 3.99. The van der Waals surface area contributed by atoms with Crippen LogP contribution in [-0.4, -0.2) is 22.9 Å². The summed E-state index contributed by atoms with van der Waals surface area (Å²) in [6, 6.07) is -0.523. The highest BCUT2D eigenvalue weighted by Crippen LogP contribution is 1.98. The number of urea groups is 1. The molecule has 0 bridgehead atoms. The van der Waals surface area contributed by atoms with E-state index in [1.807, 2.05) is 20.8 Å². The molecule has 13 heavy (non-hydrogen) atoms. The van der Waals surface area contributed by atoms with Gasteiger partial charge in [0.15, 0.2) is 0 Å². The summed E-state index contributed by atoms with van der Waals surface area (Å²) in [6.07, 6.45) is 0. The first-order chi connectivity index (χ1) is 5.72. The predicted octanol–water partition coefficient (Wildman–Crippen LogP) is 1.24. The van der Waals surface area contributed by atoms with Crippen molar-refractivity contribution >= 4 is 23.5 Å². The molecular weight excluding hydrogens is 192 g/mol. The Bertz CT molecular complexity index is 209. The third kappa shape index (κ3) is 6.40. The van der Waals surface area contributed by atoms with Crippen LogP contribution in [0.5, 0.6) is 0 Å². The van der Waals surface area contributed by atoms with Gasteiger partial charge in [0.05, 0.1) is 0 Å². The second kappa shape index (κ2) is 4.46. The smallest absolute Gasteiger partial charge is 0.321 e. The van der Waals surface area contributed by atoms with Crippen molar-refractivity contribution in [2.75, 3.05) is 0 Å². The highest BCUT2D eigenvalue weighted by Gasteiger charge is 2.17. The molecule has 0 saturated carbocycles. The number of nitrogens with one attached hydrogen (secondary N) is 2. The highest BCUT2D eigenvalue weighted by molar-refractivity contribution is 6.31. The van der Waals surface area contributed by atoms with Gasteiger partial charge in [0, 0.05) is 5.54 Å². The van der Waals surface area contributed by atoms with Gasteiger partial charge in [-0.05, 0) is 27.7 Å². The maximum atomic E-state index is 11.1. The molecule has 0 rings (SSSR count). The third-order valence-electron chi connectivity index (χ3n) is 1.09. The van der Waals surface area contributed by atoms with Gasteiger partial charge in [0.2, 0.25) is 5.91 Å². The SMILES string of the molecule is C[C@@H](Cl)C(=O)NC(=O)NC(C)(C)C. The molecule has 0 spiro atoms. The van der Waals surface area contributed by atoms with Gasteiger partial charge in [-0.25, -0.2) is 4.79 Å². The number of carbonyl (C=O) groups excluding carboxylic acids is 2. The zero-order chi connectivity index (χ0) is 10.6. The first-order valence-electron chi connectivity index (χ1n) is 3.99. The number of imide groups is 1. The zero-order valence-corrected chi connectivity index (χ0v) is 9.03. The van der Waals surface area contributed by atoms with E-state index in [0.717, 1.165) is 0 Å². The molecule has 0 aromatic rings. The first kappa shape index (κ1) is 12.2. The average molecular weight is 207 g/mol. The Morgan fingerprint density at radius 2 is 1.77 bits per heavy atom. The molecule has 0 fully saturated rings. The second-order valence-corrected chi connectivity index (χ2v) is 4.46. The van der Waals surface area contributed by atoms with E-state index >= 15 is 0 Å². The molecule has 3 amide bonds. The lowest BCUT2D eigenvalue weighted by Gasteiger charge is -2.20. The van der Waals surface area contributed by atoms with E-state index in [9.17, 15) is 9.59 Å². The molecule has 0 aliphatic rings. The van der Waals surface area contributed by atoms with Gasteiger partial charge >= 0.3 is 6.03 Å². The Balaban J connectivity index is 3.96. The average Bonchev–Trinajstić information content (AvgIpc) is 1.81. The number of alkyl halides is 1. The largest absolute Gasteiger partial charge is 0.333 e. The molecule has 1 atom stereocenters. The van der Waals surface area contributed by atoms with Gasteiger partial charge in [-0.3, -0.25) is 10.1 Å². The van der Waals surface area contributed by atoms with Crippen LogP contribution in [0.25, 0.3) is 0 Å². The van der Waals surface area contributed by atoms with Gasteiger partial charge in [0.25, 0.3) is 0 Å². The fourth-order valence-electron chi connectivity index (χ4n) is 0.583. The molecular formula is C8H15ClN2O2. The van der Waals surface area contributed by atoms with Crippen molar-refractivity contribution in [3.63, 3.8) is 0 Å².